The molecular formula is C31H35NO6S. The Bertz CT molecular complexity index is 1350. The lowest BCUT2D eigenvalue weighted by atomic mass is 10.0. The molecule has 0 unspecified atom stereocenters. The van der Waals surface area contributed by atoms with Gasteiger partial charge in [-0.1, -0.05) is 50.7 Å². The third-order valence-corrected chi connectivity index (χ3v) is 6.25. The second kappa shape index (κ2) is 14.2. The van der Waals surface area contributed by atoms with Crippen molar-refractivity contribution in [3.63, 3.8) is 0 Å². The molecule has 0 atom stereocenters. The molecule has 0 saturated carbocycles. The molecule has 0 aliphatic heterocycles. The predicted molar refractivity (Wildman–Crippen MR) is 157 cm³/mol. The fraction of sp³-hybridized carbons (Fsp3) is 0.290. The number of thiocarbonyl (C=S) groups is 1. The second-order valence-corrected chi connectivity index (χ2v) is 9.46. The average Bonchev–Trinajstić information content (AvgIpc) is 2.90. The summed E-state index contributed by atoms with van der Waals surface area (Å²) >= 11 is 5.39. The molecule has 0 spiro atoms. The molecule has 0 radical (unpaired) electrons. The largest absolute Gasteiger partial charge is 0.507 e. The molecule has 0 fully saturated rings. The van der Waals surface area contributed by atoms with Crippen LogP contribution in [0.2, 0.25) is 0 Å². The van der Waals surface area contributed by atoms with Gasteiger partial charge >= 0.3 is 5.97 Å². The van der Waals surface area contributed by atoms with Crippen molar-refractivity contribution in [2.24, 2.45) is 5.73 Å². The Morgan fingerprint density at radius 3 is 2.28 bits per heavy atom. The van der Waals surface area contributed by atoms with Gasteiger partial charge in [0, 0.05) is 29.3 Å². The highest BCUT2D eigenvalue weighted by molar-refractivity contribution is 7.81. The van der Waals surface area contributed by atoms with Crippen molar-refractivity contribution < 1.29 is 29.2 Å². The lowest BCUT2D eigenvalue weighted by Gasteiger charge is -2.17. The Balaban J connectivity index is 1.66. The van der Waals surface area contributed by atoms with E-state index in [1.54, 1.807) is 37.3 Å². The predicted octanol–water partition coefficient (Wildman–Crippen LogP) is 6.83. The number of para-hydroxylation sites is 1. The lowest BCUT2D eigenvalue weighted by molar-refractivity contribution is 0.0694. The molecule has 39 heavy (non-hydrogen) atoms. The molecule has 7 nitrogen and oxygen atoms in total. The van der Waals surface area contributed by atoms with Crippen LogP contribution in [-0.2, 0) is 12.8 Å². The van der Waals surface area contributed by atoms with Crippen LogP contribution in [-0.4, -0.2) is 34.3 Å². The van der Waals surface area contributed by atoms with Crippen LogP contribution in [0.5, 0.6) is 28.7 Å². The van der Waals surface area contributed by atoms with Crippen LogP contribution >= 0.6 is 12.2 Å². The standard InChI is InChI=1S/C31H35NO6S/c1-4-10-22-26(13-8-14-27(22)38-28-12-7-6-11-23(28)31(34)35)36-15-9-16-37-29-19-25(33)24(18-21(29)5-2)30(39)17-20(3)32/h6-8,11-14,17-19,33H,4-5,9-10,15-16,32H2,1-3H3,(H,34,35). The van der Waals surface area contributed by atoms with E-state index in [4.69, 9.17) is 32.2 Å². The molecule has 0 aliphatic carbocycles. The molecule has 0 saturated heterocycles. The van der Waals surface area contributed by atoms with Crippen molar-refractivity contribution >= 4 is 23.1 Å². The van der Waals surface area contributed by atoms with Crippen molar-refractivity contribution in [3.05, 3.63) is 88.6 Å². The number of allylic oxidation sites excluding steroid dienone is 2. The Morgan fingerprint density at radius 2 is 1.62 bits per heavy atom. The number of hydrogen-bond acceptors (Lipinski definition) is 7. The van der Waals surface area contributed by atoms with Gasteiger partial charge in [-0.2, -0.15) is 0 Å². The molecule has 4 N–H and O–H groups in total. The minimum Gasteiger partial charge on any atom is -0.507 e. The zero-order valence-corrected chi connectivity index (χ0v) is 23.3. The van der Waals surface area contributed by atoms with E-state index in [0.717, 1.165) is 17.5 Å². The van der Waals surface area contributed by atoms with E-state index >= 15 is 0 Å². The minimum atomic E-state index is -1.05. The second-order valence-electron chi connectivity index (χ2n) is 9.02. The van der Waals surface area contributed by atoms with E-state index in [0.29, 0.717) is 65.8 Å². The summed E-state index contributed by atoms with van der Waals surface area (Å²) in [6.07, 6.45) is 4.55. The fourth-order valence-electron chi connectivity index (χ4n) is 4.05. The number of benzene rings is 3. The van der Waals surface area contributed by atoms with Crippen LogP contribution in [0.1, 0.15) is 60.7 Å². The first-order chi connectivity index (χ1) is 18.7. The monoisotopic (exact) mass is 549 g/mol. The van der Waals surface area contributed by atoms with Gasteiger partial charge in [-0.15, -0.1) is 0 Å². The van der Waals surface area contributed by atoms with Gasteiger partial charge in [-0.25, -0.2) is 4.79 Å². The van der Waals surface area contributed by atoms with Crippen LogP contribution in [0.25, 0.3) is 0 Å². The van der Waals surface area contributed by atoms with E-state index in [-0.39, 0.29) is 17.1 Å². The number of aromatic hydroxyl groups is 1. The molecule has 8 heteroatoms. The molecular weight excluding hydrogens is 514 g/mol. The summed E-state index contributed by atoms with van der Waals surface area (Å²) in [5.74, 6) is 1.15. The van der Waals surface area contributed by atoms with Gasteiger partial charge in [0.15, 0.2) is 0 Å². The first-order valence-corrected chi connectivity index (χ1v) is 13.4. The fourth-order valence-corrected chi connectivity index (χ4v) is 4.40. The highest BCUT2D eigenvalue weighted by Gasteiger charge is 2.16. The van der Waals surface area contributed by atoms with Crippen molar-refractivity contribution in [3.8, 4) is 28.7 Å². The quantitative estimate of drug-likeness (QED) is 0.0869. The highest BCUT2D eigenvalue weighted by atomic mass is 32.1. The Kier molecular flexibility index (Phi) is 10.8. The SMILES string of the molecule is CCCc1c(OCCCOc2cc(O)c(C(=S)C=C(C)N)cc2CC)cccc1Oc1ccccc1C(=O)O. The summed E-state index contributed by atoms with van der Waals surface area (Å²) in [5.41, 5.74) is 8.77. The number of aryl methyl sites for hydroxylation is 1. The van der Waals surface area contributed by atoms with E-state index in [2.05, 4.69) is 6.92 Å². The number of carbonyl (C=O) groups is 1. The smallest absolute Gasteiger partial charge is 0.339 e. The number of phenolic OH excluding ortho intramolecular Hbond substituents is 1. The van der Waals surface area contributed by atoms with Crippen LogP contribution in [0.15, 0.2) is 66.4 Å². The molecule has 0 heterocycles. The van der Waals surface area contributed by atoms with E-state index in [1.165, 1.54) is 6.07 Å². The van der Waals surface area contributed by atoms with Crippen LogP contribution in [0.3, 0.4) is 0 Å². The zero-order valence-electron chi connectivity index (χ0n) is 22.5. The van der Waals surface area contributed by atoms with Crippen molar-refractivity contribution in [2.75, 3.05) is 13.2 Å². The maximum Gasteiger partial charge on any atom is 0.339 e. The summed E-state index contributed by atoms with van der Waals surface area (Å²) in [7, 11) is 0. The topological polar surface area (TPSA) is 111 Å². The molecule has 0 bridgehead atoms. The number of nitrogens with two attached hydrogens (primary N) is 1. The molecule has 3 aromatic carbocycles. The summed E-state index contributed by atoms with van der Waals surface area (Å²) in [6, 6.07) is 15.5. The maximum absolute atomic E-state index is 11.6. The highest BCUT2D eigenvalue weighted by Crippen LogP contribution is 2.35. The number of ether oxygens (including phenoxy) is 3. The van der Waals surface area contributed by atoms with Crippen LogP contribution < -0.4 is 19.9 Å². The first kappa shape index (κ1) is 29.5. The maximum atomic E-state index is 11.6. The molecule has 3 rings (SSSR count). The Hall–Kier alpha value is -4.04. The number of carboxylic acid groups (broad SMARTS) is 1. The van der Waals surface area contributed by atoms with Crippen LogP contribution in [0.4, 0.5) is 0 Å². The van der Waals surface area contributed by atoms with Gasteiger partial charge in [0.2, 0.25) is 0 Å². The van der Waals surface area contributed by atoms with Gasteiger partial charge in [-0.3, -0.25) is 0 Å². The first-order valence-electron chi connectivity index (χ1n) is 13.0. The van der Waals surface area contributed by atoms with Crippen molar-refractivity contribution in [1.29, 1.82) is 0 Å². The normalized spacial score (nSPS) is 11.2. The Labute approximate surface area is 234 Å². The number of rotatable bonds is 14. The average molecular weight is 550 g/mol. The van der Waals surface area contributed by atoms with Crippen molar-refractivity contribution in [2.45, 2.75) is 46.5 Å². The number of hydrogen-bond donors (Lipinski definition) is 3. The minimum absolute atomic E-state index is 0.0476. The third-order valence-electron chi connectivity index (χ3n) is 5.92. The van der Waals surface area contributed by atoms with Gasteiger partial charge < -0.3 is 30.2 Å². The van der Waals surface area contributed by atoms with E-state index in [9.17, 15) is 15.0 Å². The molecule has 0 amide bonds. The van der Waals surface area contributed by atoms with Crippen molar-refractivity contribution in [1.82, 2.24) is 0 Å². The van der Waals surface area contributed by atoms with E-state index < -0.39 is 5.97 Å². The Morgan fingerprint density at radius 1 is 0.949 bits per heavy atom. The third kappa shape index (κ3) is 7.97. The van der Waals surface area contributed by atoms with Gasteiger partial charge in [0.25, 0.3) is 0 Å². The molecule has 206 valence electrons. The van der Waals surface area contributed by atoms with Gasteiger partial charge in [-0.05, 0) is 61.7 Å². The zero-order chi connectivity index (χ0) is 28.4. The molecule has 0 aliphatic rings. The summed E-state index contributed by atoms with van der Waals surface area (Å²) in [6.45, 7) is 6.62. The summed E-state index contributed by atoms with van der Waals surface area (Å²) < 4.78 is 18.1. The summed E-state index contributed by atoms with van der Waals surface area (Å²) in [5, 5.41) is 20.0. The van der Waals surface area contributed by atoms with E-state index in [1.807, 2.05) is 31.2 Å². The molecule has 3 aromatic rings. The number of aromatic carboxylic acids is 1. The molecule has 0 aromatic heterocycles. The number of carboxylic acids is 1. The van der Waals surface area contributed by atoms with Crippen LogP contribution in [0, 0.1) is 0 Å². The summed E-state index contributed by atoms with van der Waals surface area (Å²) in [4.78, 5) is 12.1. The van der Waals surface area contributed by atoms with Gasteiger partial charge in [0.05, 0.1) is 18.1 Å². The lowest BCUT2D eigenvalue weighted by Crippen LogP contribution is -2.08. The van der Waals surface area contributed by atoms with Gasteiger partial charge in [0.1, 0.15) is 34.3 Å². The number of phenols is 1.